The lowest BCUT2D eigenvalue weighted by atomic mass is 9.80. The minimum atomic E-state index is -1.16. The van der Waals surface area contributed by atoms with Crippen LogP contribution in [0.4, 0.5) is 13.2 Å². The lowest BCUT2D eigenvalue weighted by Gasteiger charge is -2.34. The first kappa shape index (κ1) is 18.3. The molecule has 0 fully saturated rings. The van der Waals surface area contributed by atoms with Gasteiger partial charge in [-0.15, -0.1) is 0 Å². The van der Waals surface area contributed by atoms with Gasteiger partial charge in [0.15, 0.2) is 11.6 Å². The van der Waals surface area contributed by atoms with Crippen LogP contribution in [0.25, 0.3) is 0 Å². The Morgan fingerprint density at radius 2 is 1.74 bits per heavy atom. The first-order valence-electron chi connectivity index (χ1n) is 9.38. The molecular weight excluding hydrogens is 349 g/mol. The van der Waals surface area contributed by atoms with E-state index >= 15 is 0 Å². The highest BCUT2D eigenvalue weighted by Crippen LogP contribution is 2.34. The number of rotatable bonds is 3. The summed E-state index contributed by atoms with van der Waals surface area (Å²) in [5, 5.41) is 0. The molecule has 2 aromatic carbocycles. The van der Waals surface area contributed by atoms with Gasteiger partial charge in [0.25, 0.3) is 0 Å². The monoisotopic (exact) mass is 372 g/mol. The average molecular weight is 372 g/mol. The molecule has 0 radical (unpaired) electrons. The van der Waals surface area contributed by atoms with E-state index in [4.69, 9.17) is 5.73 Å². The number of nitrogens with two attached hydrogens (primary N) is 1. The van der Waals surface area contributed by atoms with Crippen LogP contribution in [0.5, 0.6) is 0 Å². The van der Waals surface area contributed by atoms with Crippen LogP contribution in [0.3, 0.4) is 0 Å². The molecule has 1 aliphatic carbocycles. The van der Waals surface area contributed by atoms with E-state index in [9.17, 15) is 13.2 Å². The molecule has 0 saturated carbocycles. The molecule has 4 rings (SSSR count). The van der Waals surface area contributed by atoms with Crippen molar-refractivity contribution in [1.29, 1.82) is 0 Å². The normalized spacial score (nSPS) is 23.0. The summed E-state index contributed by atoms with van der Waals surface area (Å²) in [6, 6.07) is 9.76. The van der Waals surface area contributed by atoms with E-state index in [0.717, 1.165) is 32.1 Å². The lowest BCUT2D eigenvalue weighted by molar-refractivity contribution is 0.269. The van der Waals surface area contributed by atoms with E-state index in [1.54, 1.807) is 0 Å². The van der Waals surface area contributed by atoms with Gasteiger partial charge in [-0.1, -0.05) is 35.9 Å². The predicted octanol–water partition coefficient (Wildman–Crippen LogP) is 4.29. The minimum absolute atomic E-state index is 0.170. The van der Waals surface area contributed by atoms with Crippen molar-refractivity contribution in [2.45, 2.75) is 37.8 Å². The van der Waals surface area contributed by atoms with Gasteiger partial charge in [0.1, 0.15) is 5.82 Å². The van der Waals surface area contributed by atoms with Gasteiger partial charge >= 0.3 is 0 Å². The zero-order valence-corrected chi connectivity index (χ0v) is 15.1. The third-order valence-corrected chi connectivity index (χ3v) is 5.75. The summed E-state index contributed by atoms with van der Waals surface area (Å²) >= 11 is 0. The average Bonchev–Trinajstić information content (AvgIpc) is 2.65. The van der Waals surface area contributed by atoms with Crippen molar-refractivity contribution in [3.63, 3.8) is 0 Å². The van der Waals surface area contributed by atoms with Crippen molar-refractivity contribution in [3.05, 3.63) is 82.2 Å². The molecule has 2 N–H and O–H groups in total. The van der Waals surface area contributed by atoms with Crippen molar-refractivity contribution in [3.8, 4) is 0 Å². The number of nitrogens with zero attached hydrogens (tertiary/aromatic N) is 1. The molecule has 0 saturated heterocycles. The topological polar surface area (TPSA) is 29.3 Å². The molecular formula is C22H23F3N2. The number of hydrogen-bond acceptors (Lipinski definition) is 2. The molecule has 2 aromatic rings. The molecule has 0 bridgehead atoms. The van der Waals surface area contributed by atoms with Gasteiger partial charge in [-0.3, -0.25) is 4.90 Å². The summed E-state index contributed by atoms with van der Waals surface area (Å²) in [5.41, 5.74) is 10.5. The molecule has 0 amide bonds. The zero-order valence-electron chi connectivity index (χ0n) is 15.1. The van der Waals surface area contributed by atoms with Gasteiger partial charge in [-0.2, -0.15) is 0 Å². The Morgan fingerprint density at radius 3 is 2.52 bits per heavy atom. The molecule has 0 unspecified atom stereocenters. The Morgan fingerprint density at radius 1 is 1.00 bits per heavy atom. The summed E-state index contributed by atoms with van der Waals surface area (Å²) in [5.74, 6) is -3.24. The van der Waals surface area contributed by atoms with Crippen LogP contribution < -0.4 is 5.73 Å². The minimum Gasteiger partial charge on any atom is -0.327 e. The van der Waals surface area contributed by atoms with Gasteiger partial charge in [0.2, 0.25) is 0 Å². The number of allylic oxidation sites excluding steroid dienone is 1. The fourth-order valence-electron chi connectivity index (χ4n) is 4.28. The van der Waals surface area contributed by atoms with E-state index in [0.29, 0.717) is 18.9 Å². The van der Waals surface area contributed by atoms with Gasteiger partial charge in [0, 0.05) is 37.7 Å². The molecule has 142 valence electrons. The van der Waals surface area contributed by atoms with Crippen molar-refractivity contribution in [2.24, 2.45) is 5.73 Å². The molecule has 2 aliphatic rings. The summed E-state index contributed by atoms with van der Waals surface area (Å²) in [7, 11) is 0. The second kappa shape index (κ2) is 7.49. The van der Waals surface area contributed by atoms with Crippen LogP contribution in [0.2, 0.25) is 0 Å². The maximum atomic E-state index is 14.1. The quantitative estimate of drug-likeness (QED) is 0.643. The number of halogens is 3. The Kier molecular flexibility index (Phi) is 5.06. The first-order chi connectivity index (χ1) is 13.0. The van der Waals surface area contributed by atoms with E-state index in [-0.39, 0.29) is 17.5 Å². The van der Waals surface area contributed by atoms with Gasteiger partial charge in [-0.05, 0) is 42.0 Å². The van der Waals surface area contributed by atoms with E-state index < -0.39 is 17.5 Å². The molecule has 0 aromatic heterocycles. The molecule has 1 aliphatic heterocycles. The largest absolute Gasteiger partial charge is 0.327 e. The highest BCUT2D eigenvalue weighted by atomic mass is 19.2. The molecule has 2 nitrogen and oxygen atoms in total. The maximum Gasteiger partial charge on any atom is 0.161 e. The fourth-order valence-corrected chi connectivity index (χ4v) is 4.28. The third kappa shape index (κ3) is 3.80. The molecule has 2 atom stereocenters. The Hall–Kier alpha value is -2.11. The van der Waals surface area contributed by atoms with Crippen molar-refractivity contribution < 1.29 is 13.2 Å². The molecule has 0 spiro atoms. The van der Waals surface area contributed by atoms with Crippen LogP contribution in [-0.2, 0) is 13.0 Å². The first-order valence-corrected chi connectivity index (χ1v) is 9.38. The predicted molar refractivity (Wildman–Crippen MR) is 99.8 cm³/mol. The van der Waals surface area contributed by atoms with Crippen LogP contribution in [0.15, 0.2) is 48.0 Å². The third-order valence-electron chi connectivity index (χ3n) is 5.75. The van der Waals surface area contributed by atoms with Gasteiger partial charge in [-0.25, -0.2) is 13.2 Å². The highest BCUT2D eigenvalue weighted by molar-refractivity contribution is 5.31. The second-order valence-corrected chi connectivity index (χ2v) is 7.59. The SMILES string of the molecule is N[C@H]1CC(CN2CCc3ccccc3C2)=CC[C@@H]1c1cc(F)c(F)cc1F. The van der Waals surface area contributed by atoms with Crippen LogP contribution in [-0.4, -0.2) is 24.0 Å². The number of fused-ring (bicyclic) bond motifs is 1. The number of hydrogen-bond donors (Lipinski definition) is 1. The Bertz CT molecular complexity index is 878. The van der Waals surface area contributed by atoms with Gasteiger partial charge in [0.05, 0.1) is 0 Å². The van der Waals surface area contributed by atoms with Crippen LogP contribution >= 0.6 is 0 Å². The highest BCUT2D eigenvalue weighted by Gasteiger charge is 2.28. The smallest absolute Gasteiger partial charge is 0.161 e. The maximum absolute atomic E-state index is 14.1. The summed E-state index contributed by atoms with van der Waals surface area (Å²) in [4.78, 5) is 2.40. The summed E-state index contributed by atoms with van der Waals surface area (Å²) in [6.07, 6.45) is 4.32. The lowest BCUT2D eigenvalue weighted by Crippen LogP contribution is -2.37. The zero-order chi connectivity index (χ0) is 19.0. The molecule has 5 heteroatoms. The standard InChI is InChI=1S/C22H23F3N2/c23-19-11-21(25)20(24)10-18(19)17-6-5-14(9-22(17)26)12-27-8-7-15-3-1-2-4-16(15)13-27/h1-5,10-11,17,22H,6-9,12-13,26H2/t17-,22+/m1/s1. The Balaban J connectivity index is 1.45. The molecule has 1 heterocycles. The van der Waals surface area contributed by atoms with Crippen LogP contribution in [0, 0.1) is 17.5 Å². The van der Waals surface area contributed by atoms with Crippen molar-refractivity contribution in [2.75, 3.05) is 13.1 Å². The van der Waals surface area contributed by atoms with E-state index in [1.807, 2.05) is 0 Å². The fraction of sp³-hybridized carbons (Fsp3) is 0.364. The second-order valence-electron chi connectivity index (χ2n) is 7.59. The van der Waals surface area contributed by atoms with Crippen LogP contribution in [0.1, 0.15) is 35.4 Å². The Labute approximate surface area is 157 Å². The van der Waals surface area contributed by atoms with Crippen molar-refractivity contribution >= 4 is 0 Å². The number of benzene rings is 2. The van der Waals surface area contributed by atoms with Gasteiger partial charge < -0.3 is 5.73 Å². The summed E-state index contributed by atoms with van der Waals surface area (Å²) in [6.45, 7) is 2.77. The summed E-state index contributed by atoms with van der Waals surface area (Å²) < 4.78 is 40.8. The van der Waals surface area contributed by atoms with Crippen molar-refractivity contribution in [1.82, 2.24) is 4.90 Å². The van der Waals surface area contributed by atoms with E-state index in [2.05, 4.69) is 35.2 Å². The van der Waals surface area contributed by atoms with E-state index in [1.165, 1.54) is 16.7 Å². The molecule has 27 heavy (non-hydrogen) atoms.